The van der Waals surface area contributed by atoms with Crippen molar-refractivity contribution in [1.82, 2.24) is 14.5 Å². The van der Waals surface area contributed by atoms with Crippen molar-refractivity contribution >= 4 is 28.8 Å². The number of rotatable bonds is 1. The molecule has 0 radical (unpaired) electrons. The third-order valence-corrected chi connectivity index (χ3v) is 4.21. The average molecular weight is 420 g/mol. The lowest BCUT2D eigenvalue weighted by atomic mass is 10.1. The first kappa shape index (κ1) is 21.6. The summed E-state index contributed by atoms with van der Waals surface area (Å²) in [5.74, 6) is 5.47. The van der Waals surface area contributed by atoms with E-state index in [0.29, 0.717) is 22.2 Å². The largest absolute Gasteiger partial charge is 0.443 e. The van der Waals surface area contributed by atoms with Crippen molar-refractivity contribution in [2.75, 3.05) is 17.7 Å². The van der Waals surface area contributed by atoms with E-state index in [1.54, 1.807) is 38.7 Å². The number of amides is 1. The SMILES string of the molecule is CN(C(=O)OC(C)(C)C)c1nc(N)c(C#Cc2cc(F)cc(C#N)c2)c2c1ncn2C. The first-order chi connectivity index (χ1) is 14.5. The van der Waals surface area contributed by atoms with Crippen LogP contribution in [0.1, 0.15) is 37.5 Å². The fourth-order valence-electron chi connectivity index (χ4n) is 2.87. The molecule has 0 fully saturated rings. The molecule has 8 nitrogen and oxygen atoms in total. The lowest BCUT2D eigenvalue weighted by Gasteiger charge is -2.24. The number of nitrogens with zero attached hydrogens (tertiary/aromatic N) is 5. The molecule has 0 aliphatic carbocycles. The molecule has 158 valence electrons. The number of aryl methyl sites for hydroxylation is 1. The number of carbonyl (C=O) groups is 1. The second-order valence-corrected chi connectivity index (χ2v) is 7.88. The van der Waals surface area contributed by atoms with Crippen LogP contribution in [-0.2, 0) is 11.8 Å². The Morgan fingerprint density at radius 2 is 1.94 bits per heavy atom. The molecule has 0 spiro atoms. The van der Waals surface area contributed by atoms with E-state index in [-0.39, 0.29) is 17.2 Å². The summed E-state index contributed by atoms with van der Waals surface area (Å²) in [6.07, 6.45) is 0.952. The molecule has 0 saturated heterocycles. The molecule has 31 heavy (non-hydrogen) atoms. The van der Waals surface area contributed by atoms with Crippen LogP contribution in [0.15, 0.2) is 24.5 Å². The van der Waals surface area contributed by atoms with Gasteiger partial charge in [-0.2, -0.15) is 5.26 Å². The quantitative estimate of drug-likeness (QED) is 0.605. The van der Waals surface area contributed by atoms with Crippen molar-refractivity contribution in [1.29, 1.82) is 5.26 Å². The summed E-state index contributed by atoms with van der Waals surface area (Å²) in [5, 5.41) is 9.01. The monoisotopic (exact) mass is 420 g/mol. The summed E-state index contributed by atoms with van der Waals surface area (Å²) in [5.41, 5.74) is 7.31. The number of fused-ring (bicyclic) bond motifs is 1. The normalized spacial score (nSPS) is 10.9. The van der Waals surface area contributed by atoms with E-state index in [2.05, 4.69) is 21.8 Å². The Morgan fingerprint density at radius 3 is 2.58 bits per heavy atom. The van der Waals surface area contributed by atoms with E-state index in [4.69, 9.17) is 15.7 Å². The molecule has 3 aromatic rings. The third kappa shape index (κ3) is 4.57. The predicted molar refractivity (Wildman–Crippen MR) is 115 cm³/mol. The first-order valence-electron chi connectivity index (χ1n) is 9.30. The Balaban J connectivity index is 2.11. The Kier molecular flexibility index (Phi) is 5.54. The van der Waals surface area contributed by atoms with E-state index >= 15 is 0 Å². The second-order valence-electron chi connectivity index (χ2n) is 7.88. The maximum atomic E-state index is 13.7. The fourth-order valence-corrected chi connectivity index (χ4v) is 2.87. The van der Waals surface area contributed by atoms with Crippen molar-refractivity contribution in [2.24, 2.45) is 7.05 Å². The lowest BCUT2D eigenvalue weighted by Crippen LogP contribution is -2.34. The average Bonchev–Trinajstić information content (AvgIpc) is 3.06. The highest BCUT2D eigenvalue weighted by Gasteiger charge is 2.25. The van der Waals surface area contributed by atoms with Gasteiger partial charge in [-0.25, -0.2) is 19.2 Å². The minimum atomic E-state index is -0.682. The van der Waals surface area contributed by atoms with E-state index in [1.807, 2.05) is 6.07 Å². The van der Waals surface area contributed by atoms with E-state index < -0.39 is 17.5 Å². The predicted octanol–water partition coefficient (Wildman–Crippen LogP) is 3.33. The number of nitriles is 1. The number of pyridine rings is 1. The van der Waals surface area contributed by atoms with Gasteiger partial charge in [0, 0.05) is 19.7 Å². The van der Waals surface area contributed by atoms with Crippen LogP contribution in [0.5, 0.6) is 0 Å². The number of halogens is 1. The highest BCUT2D eigenvalue weighted by Crippen LogP contribution is 2.29. The number of aromatic nitrogens is 3. The van der Waals surface area contributed by atoms with Crippen molar-refractivity contribution in [3.63, 3.8) is 0 Å². The van der Waals surface area contributed by atoms with Crippen LogP contribution in [0.25, 0.3) is 11.0 Å². The number of hydrogen-bond donors (Lipinski definition) is 1. The zero-order valence-corrected chi connectivity index (χ0v) is 17.8. The number of nitrogen functional groups attached to an aromatic ring is 1. The van der Waals surface area contributed by atoms with Crippen LogP contribution in [0.3, 0.4) is 0 Å². The van der Waals surface area contributed by atoms with E-state index in [1.165, 1.54) is 24.1 Å². The standard InChI is InChI=1S/C22H21FN6O2/c1-22(2,3)31-21(30)29(5)20-17-18(28(4)12-26-17)16(19(25)27-20)7-6-13-8-14(11-24)10-15(23)9-13/h8-10,12H,1-5H3,(H2,25,27). The van der Waals surface area contributed by atoms with E-state index in [9.17, 15) is 9.18 Å². The zero-order valence-electron chi connectivity index (χ0n) is 17.8. The summed E-state index contributed by atoms with van der Waals surface area (Å²) in [4.78, 5) is 22.4. The summed E-state index contributed by atoms with van der Waals surface area (Å²) >= 11 is 0. The number of carbonyl (C=O) groups excluding carboxylic acids is 1. The lowest BCUT2D eigenvalue weighted by molar-refractivity contribution is 0.0588. The molecule has 1 amide bonds. The highest BCUT2D eigenvalue weighted by atomic mass is 19.1. The third-order valence-electron chi connectivity index (χ3n) is 4.21. The molecule has 9 heteroatoms. The van der Waals surface area contributed by atoms with Crippen molar-refractivity contribution in [3.8, 4) is 17.9 Å². The zero-order chi connectivity index (χ0) is 22.9. The smallest absolute Gasteiger partial charge is 0.415 e. The first-order valence-corrected chi connectivity index (χ1v) is 9.30. The Hall–Kier alpha value is -4.11. The molecule has 0 aliphatic rings. The van der Waals surface area contributed by atoms with Gasteiger partial charge in [-0.15, -0.1) is 0 Å². The van der Waals surface area contributed by atoms with Gasteiger partial charge in [0.05, 0.1) is 29.0 Å². The van der Waals surface area contributed by atoms with Crippen molar-refractivity contribution < 1.29 is 13.9 Å². The van der Waals surface area contributed by atoms with Gasteiger partial charge in [-0.1, -0.05) is 11.8 Å². The summed E-state index contributed by atoms with van der Waals surface area (Å²) in [6, 6.07) is 5.72. The molecule has 1 aromatic carbocycles. The van der Waals surface area contributed by atoms with Crippen LogP contribution in [0.4, 0.5) is 20.8 Å². The maximum absolute atomic E-state index is 13.7. The number of nitrogens with two attached hydrogens (primary N) is 1. The fraction of sp³-hybridized carbons (Fsp3) is 0.273. The molecule has 2 heterocycles. The molecular weight excluding hydrogens is 399 g/mol. The van der Waals surface area contributed by atoms with E-state index in [0.717, 1.165) is 6.07 Å². The van der Waals surface area contributed by atoms with Gasteiger partial charge in [0.2, 0.25) is 0 Å². The highest BCUT2D eigenvalue weighted by molar-refractivity contribution is 6.00. The van der Waals surface area contributed by atoms with Crippen LogP contribution in [0.2, 0.25) is 0 Å². The molecule has 2 N–H and O–H groups in total. The molecule has 0 bridgehead atoms. The minimum absolute atomic E-state index is 0.0749. The van der Waals surface area contributed by atoms with Gasteiger partial charge in [-0.3, -0.25) is 4.90 Å². The second kappa shape index (κ2) is 7.96. The molecule has 0 unspecified atom stereocenters. The van der Waals surface area contributed by atoms with Gasteiger partial charge < -0.3 is 15.0 Å². The molecule has 3 rings (SSSR count). The van der Waals surface area contributed by atoms with Gasteiger partial charge in [0.25, 0.3) is 0 Å². The molecule has 0 aliphatic heterocycles. The number of ether oxygens (including phenoxy) is 1. The van der Waals surface area contributed by atoms with Crippen molar-refractivity contribution in [3.05, 3.63) is 47.0 Å². The van der Waals surface area contributed by atoms with Crippen LogP contribution < -0.4 is 10.6 Å². The van der Waals surface area contributed by atoms with Gasteiger partial charge in [0.15, 0.2) is 5.82 Å². The van der Waals surface area contributed by atoms with Crippen molar-refractivity contribution in [2.45, 2.75) is 26.4 Å². The van der Waals surface area contributed by atoms with Crippen LogP contribution >= 0.6 is 0 Å². The topological polar surface area (TPSA) is 110 Å². The summed E-state index contributed by atoms with van der Waals surface area (Å²) in [6.45, 7) is 5.29. The number of imidazole rings is 1. The molecule has 0 atom stereocenters. The Labute approximate surface area is 179 Å². The minimum Gasteiger partial charge on any atom is -0.443 e. The maximum Gasteiger partial charge on any atom is 0.415 e. The summed E-state index contributed by atoms with van der Waals surface area (Å²) < 4.78 is 20.8. The number of benzene rings is 1. The molecule has 0 saturated carbocycles. The molecular formula is C22H21FN6O2. The van der Waals surface area contributed by atoms with Crippen LogP contribution in [0, 0.1) is 29.0 Å². The van der Waals surface area contributed by atoms with Gasteiger partial charge in [-0.05, 0) is 39.0 Å². The van der Waals surface area contributed by atoms with Gasteiger partial charge in [0.1, 0.15) is 22.8 Å². The van der Waals surface area contributed by atoms with Crippen LogP contribution in [-0.4, -0.2) is 33.3 Å². The Bertz CT molecular complexity index is 1290. The van der Waals surface area contributed by atoms with Gasteiger partial charge >= 0.3 is 6.09 Å². The summed E-state index contributed by atoms with van der Waals surface area (Å²) in [7, 11) is 3.28. The molecule has 2 aromatic heterocycles. The number of anilines is 2. The Morgan fingerprint density at radius 1 is 1.26 bits per heavy atom. The number of hydrogen-bond acceptors (Lipinski definition) is 6.